The molecule has 5 aromatic rings. The van der Waals surface area contributed by atoms with Crippen LogP contribution in [0.1, 0.15) is 10.4 Å². The van der Waals surface area contributed by atoms with Crippen LogP contribution in [0.2, 0.25) is 0 Å². The topological polar surface area (TPSA) is 114 Å². The maximum atomic E-state index is 14.9. The fourth-order valence-electron chi connectivity index (χ4n) is 5.26. The van der Waals surface area contributed by atoms with E-state index >= 15 is 0 Å². The molecule has 0 spiro atoms. The van der Waals surface area contributed by atoms with Crippen molar-refractivity contribution in [3.63, 3.8) is 0 Å². The van der Waals surface area contributed by atoms with Gasteiger partial charge in [0, 0.05) is 50.5 Å². The number of fused-ring (bicyclic) bond motifs is 2. The van der Waals surface area contributed by atoms with Gasteiger partial charge in [-0.25, -0.2) is 19.4 Å². The molecule has 5 heterocycles. The van der Waals surface area contributed by atoms with E-state index in [1.54, 1.807) is 12.4 Å². The zero-order chi connectivity index (χ0) is 27.2. The molecule has 0 aliphatic carbocycles. The summed E-state index contributed by atoms with van der Waals surface area (Å²) in [6.07, 6.45) is 5.71. The number of carbonyl (C=O) groups excluding carboxylic acids is 2. The van der Waals surface area contributed by atoms with E-state index < -0.39 is 17.5 Å². The van der Waals surface area contributed by atoms with Crippen LogP contribution in [0, 0.1) is 5.82 Å². The Morgan fingerprint density at radius 3 is 2.50 bits per heavy atom. The first-order valence-electron chi connectivity index (χ1n) is 12.8. The first kappa shape index (κ1) is 23.9. The van der Waals surface area contributed by atoms with Gasteiger partial charge < -0.3 is 20.2 Å². The average Bonchev–Trinajstić information content (AvgIpc) is 3.76. The molecule has 0 radical (unpaired) electrons. The third-order valence-corrected chi connectivity index (χ3v) is 7.21. The van der Waals surface area contributed by atoms with Crippen molar-refractivity contribution in [3.8, 4) is 5.69 Å². The SMILES string of the molecule is O=C(C(=O)N1CCN(c2nc3ccccc3n2-c2ccccc2)CC1)c1c[nH]c2c(N3C=CNN3)ncc(F)c12. The van der Waals surface area contributed by atoms with E-state index in [1.807, 2.05) is 54.6 Å². The molecule has 2 aliphatic heterocycles. The summed E-state index contributed by atoms with van der Waals surface area (Å²) in [4.78, 5) is 42.2. The molecule has 2 aromatic carbocycles. The summed E-state index contributed by atoms with van der Waals surface area (Å²) in [5.41, 5.74) is 8.76. The molecule has 12 heteroatoms. The lowest BCUT2D eigenvalue weighted by molar-refractivity contribution is -0.126. The van der Waals surface area contributed by atoms with Crippen molar-refractivity contribution in [1.82, 2.24) is 35.4 Å². The predicted molar refractivity (Wildman–Crippen MR) is 148 cm³/mol. The van der Waals surface area contributed by atoms with E-state index in [1.165, 1.54) is 16.1 Å². The van der Waals surface area contributed by atoms with Crippen molar-refractivity contribution < 1.29 is 14.0 Å². The van der Waals surface area contributed by atoms with Gasteiger partial charge in [-0.05, 0) is 24.3 Å². The van der Waals surface area contributed by atoms with E-state index in [9.17, 15) is 14.0 Å². The summed E-state index contributed by atoms with van der Waals surface area (Å²) in [7, 11) is 0. The molecule has 7 rings (SSSR count). The minimum absolute atomic E-state index is 0.0226. The van der Waals surface area contributed by atoms with Crippen molar-refractivity contribution in [2.75, 3.05) is 36.1 Å². The Labute approximate surface area is 227 Å². The molecule has 0 saturated carbocycles. The van der Waals surface area contributed by atoms with Crippen molar-refractivity contribution in [1.29, 1.82) is 0 Å². The van der Waals surface area contributed by atoms with Gasteiger partial charge in [-0.1, -0.05) is 30.3 Å². The number of aromatic nitrogens is 4. The van der Waals surface area contributed by atoms with Gasteiger partial charge in [-0.15, -0.1) is 5.53 Å². The number of pyridine rings is 1. The van der Waals surface area contributed by atoms with E-state index in [0.29, 0.717) is 37.5 Å². The normalized spacial score (nSPS) is 15.3. The number of rotatable bonds is 5. The Kier molecular flexibility index (Phi) is 5.67. The quantitative estimate of drug-likeness (QED) is 0.232. The van der Waals surface area contributed by atoms with Crippen LogP contribution in [0.5, 0.6) is 0 Å². The fourth-order valence-corrected chi connectivity index (χ4v) is 5.26. The number of imidazole rings is 1. The Morgan fingerprint density at radius 2 is 1.73 bits per heavy atom. The number of para-hydroxylation sites is 3. The van der Waals surface area contributed by atoms with Gasteiger partial charge in [0.25, 0.3) is 11.7 Å². The lowest BCUT2D eigenvalue weighted by Gasteiger charge is -2.35. The third kappa shape index (κ3) is 3.84. The van der Waals surface area contributed by atoms with Crippen LogP contribution in [0.3, 0.4) is 0 Å². The van der Waals surface area contributed by atoms with Crippen molar-refractivity contribution >= 4 is 45.4 Å². The molecule has 1 saturated heterocycles. The molecule has 3 aromatic heterocycles. The molecule has 0 unspecified atom stereocenters. The minimum atomic E-state index is -0.768. The van der Waals surface area contributed by atoms with E-state index in [2.05, 4.69) is 30.4 Å². The third-order valence-electron chi connectivity index (χ3n) is 7.21. The van der Waals surface area contributed by atoms with Gasteiger partial charge in [-0.2, -0.15) is 0 Å². The van der Waals surface area contributed by atoms with Gasteiger partial charge >= 0.3 is 0 Å². The molecular weight excluding hydrogens is 513 g/mol. The molecule has 0 bridgehead atoms. The summed E-state index contributed by atoms with van der Waals surface area (Å²) < 4.78 is 17.0. The average molecular weight is 538 g/mol. The second-order valence-electron chi connectivity index (χ2n) is 9.50. The number of nitrogens with zero attached hydrogens (tertiary/aromatic N) is 6. The highest BCUT2D eigenvalue weighted by Crippen LogP contribution is 2.30. The maximum absolute atomic E-state index is 14.9. The van der Waals surface area contributed by atoms with Crippen LogP contribution in [-0.2, 0) is 4.79 Å². The van der Waals surface area contributed by atoms with E-state index in [0.717, 1.165) is 28.9 Å². The number of ketones is 1. The van der Waals surface area contributed by atoms with Crippen molar-refractivity contribution in [2.24, 2.45) is 0 Å². The zero-order valence-corrected chi connectivity index (χ0v) is 21.2. The summed E-state index contributed by atoms with van der Waals surface area (Å²) in [5, 5.41) is 1.57. The zero-order valence-electron chi connectivity index (χ0n) is 21.2. The number of hydrazine groups is 2. The first-order valence-corrected chi connectivity index (χ1v) is 12.8. The highest BCUT2D eigenvalue weighted by atomic mass is 19.1. The van der Waals surface area contributed by atoms with Crippen molar-refractivity contribution in [2.45, 2.75) is 0 Å². The Hall–Kier alpha value is -5.23. The highest BCUT2D eigenvalue weighted by molar-refractivity contribution is 6.45. The Balaban J connectivity index is 1.13. The molecule has 0 atom stereocenters. The largest absolute Gasteiger partial charge is 0.357 e. The number of hydrogen-bond donors (Lipinski definition) is 3. The van der Waals surface area contributed by atoms with Crippen LogP contribution in [-0.4, -0.2) is 62.3 Å². The van der Waals surface area contributed by atoms with E-state index in [-0.39, 0.29) is 10.9 Å². The number of halogens is 1. The Bertz CT molecular complexity index is 1790. The molecular formula is C28H24FN9O2. The number of hydrogen-bond acceptors (Lipinski definition) is 8. The number of H-pyrrole nitrogens is 1. The summed E-state index contributed by atoms with van der Waals surface area (Å²) in [5.74, 6) is -0.981. The second kappa shape index (κ2) is 9.50. The summed E-state index contributed by atoms with van der Waals surface area (Å²) in [6, 6.07) is 18.0. The van der Waals surface area contributed by atoms with Crippen LogP contribution in [0.15, 0.2) is 79.4 Å². The van der Waals surface area contributed by atoms with Gasteiger partial charge in [0.05, 0.1) is 33.7 Å². The summed E-state index contributed by atoms with van der Waals surface area (Å²) >= 11 is 0. The van der Waals surface area contributed by atoms with Crippen LogP contribution in [0.25, 0.3) is 27.6 Å². The number of piperazine rings is 1. The molecule has 3 N–H and O–H groups in total. The number of benzene rings is 2. The lowest BCUT2D eigenvalue weighted by atomic mass is 10.1. The van der Waals surface area contributed by atoms with Gasteiger partial charge in [0.15, 0.2) is 11.6 Å². The molecule has 2 aliphatic rings. The number of Topliss-reactive ketones (excluding diaryl/α,β-unsaturated/α-hetero) is 1. The Morgan fingerprint density at radius 1 is 0.950 bits per heavy atom. The van der Waals surface area contributed by atoms with Gasteiger partial charge in [-0.3, -0.25) is 14.2 Å². The minimum Gasteiger partial charge on any atom is -0.357 e. The number of nitrogens with one attached hydrogen (secondary N) is 3. The number of carbonyl (C=O) groups is 2. The second-order valence-corrected chi connectivity index (χ2v) is 9.50. The van der Waals surface area contributed by atoms with Crippen LogP contribution in [0.4, 0.5) is 16.2 Å². The number of aromatic amines is 1. The van der Waals surface area contributed by atoms with Gasteiger partial charge in [0.1, 0.15) is 0 Å². The fraction of sp³-hybridized carbons (Fsp3) is 0.143. The molecule has 200 valence electrons. The standard InChI is InChI=1S/C28H24FN9O2/c29-20-17-31-26(37-11-10-32-34-37)24-23(20)19(16-30-24)25(39)27(40)35-12-14-36(15-13-35)28-33-21-8-4-5-9-22(21)38(28)18-6-2-1-3-7-18/h1-11,16-17,30,32,34H,12-15H2. The smallest absolute Gasteiger partial charge is 0.295 e. The van der Waals surface area contributed by atoms with Crippen LogP contribution >= 0.6 is 0 Å². The first-order chi connectivity index (χ1) is 19.6. The number of anilines is 2. The lowest BCUT2D eigenvalue weighted by Crippen LogP contribution is -2.51. The maximum Gasteiger partial charge on any atom is 0.295 e. The molecule has 1 fully saturated rings. The van der Waals surface area contributed by atoms with E-state index in [4.69, 9.17) is 4.98 Å². The number of amides is 1. The summed E-state index contributed by atoms with van der Waals surface area (Å²) in [6.45, 7) is 1.64. The van der Waals surface area contributed by atoms with Crippen molar-refractivity contribution in [3.05, 3.63) is 90.8 Å². The highest BCUT2D eigenvalue weighted by Gasteiger charge is 2.31. The predicted octanol–water partition coefficient (Wildman–Crippen LogP) is 2.87. The molecule has 40 heavy (non-hydrogen) atoms. The monoisotopic (exact) mass is 537 g/mol. The molecule has 11 nitrogen and oxygen atoms in total. The molecule has 1 amide bonds. The van der Waals surface area contributed by atoms with Gasteiger partial charge in [0.2, 0.25) is 5.95 Å². The van der Waals surface area contributed by atoms with Crippen LogP contribution < -0.4 is 20.9 Å².